The predicted octanol–water partition coefficient (Wildman–Crippen LogP) is 1.50. The zero-order chi connectivity index (χ0) is 14.4. The number of carbonyl (C=O) groups excluding carboxylic acids is 1. The van der Waals surface area contributed by atoms with Gasteiger partial charge in [-0.05, 0) is 24.1 Å². The van der Waals surface area contributed by atoms with E-state index in [2.05, 4.69) is 4.98 Å². The summed E-state index contributed by atoms with van der Waals surface area (Å²) in [5.41, 5.74) is 7.28. The van der Waals surface area contributed by atoms with Gasteiger partial charge in [0.25, 0.3) is 5.91 Å². The van der Waals surface area contributed by atoms with Crippen LogP contribution < -0.4 is 5.73 Å². The van der Waals surface area contributed by atoms with Gasteiger partial charge in [0.05, 0.1) is 6.33 Å². The molecule has 0 aliphatic rings. The van der Waals surface area contributed by atoms with Crippen LogP contribution in [0.3, 0.4) is 0 Å². The average Bonchev–Trinajstić information content (AvgIpc) is 2.99. The van der Waals surface area contributed by atoms with Gasteiger partial charge in [-0.15, -0.1) is 0 Å². The molecule has 5 nitrogen and oxygen atoms in total. The number of benzene rings is 1. The smallest absolute Gasteiger partial charge is 0.253 e. The Kier molecular flexibility index (Phi) is 4.90. The molecule has 1 aromatic heterocycles. The molecule has 20 heavy (non-hydrogen) atoms. The highest BCUT2D eigenvalue weighted by molar-refractivity contribution is 5.94. The zero-order valence-electron chi connectivity index (χ0n) is 11.7. The van der Waals surface area contributed by atoms with Crippen LogP contribution >= 0.6 is 0 Å². The van der Waals surface area contributed by atoms with Gasteiger partial charge in [0.15, 0.2) is 0 Å². The van der Waals surface area contributed by atoms with Gasteiger partial charge >= 0.3 is 0 Å². The summed E-state index contributed by atoms with van der Waals surface area (Å²) in [6.07, 6.45) is 6.37. The number of nitrogens with two attached hydrogens (primary N) is 1. The number of amides is 1. The number of carbonyl (C=O) groups is 1. The van der Waals surface area contributed by atoms with E-state index in [9.17, 15) is 4.79 Å². The lowest BCUT2D eigenvalue weighted by Crippen LogP contribution is -2.28. The first-order valence-corrected chi connectivity index (χ1v) is 6.71. The largest absolute Gasteiger partial charge is 0.342 e. The Morgan fingerprint density at radius 3 is 2.70 bits per heavy atom. The Labute approximate surface area is 119 Å². The van der Waals surface area contributed by atoms with Crippen molar-refractivity contribution in [3.8, 4) is 0 Å². The van der Waals surface area contributed by atoms with Gasteiger partial charge in [0.2, 0.25) is 0 Å². The van der Waals surface area contributed by atoms with Crippen molar-refractivity contribution in [3.05, 3.63) is 54.1 Å². The van der Waals surface area contributed by atoms with Crippen LogP contribution in [-0.4, -0.2) is 34.0 Å². The SMILES string of the molecule is CN(CCCn1ccnc1)C(=O)c1ccc(CN)cc1. The molecule has 1 amide bonds. The monoisotopic (exact) mass is 272 g/mol. The summed E-state index contributed by atoms with van der Waals surface area (Å²) in [5, 5.41) is 0. The van der Waals surface area contributed by atoms with Gasteiger partial charge in [-0.2, -0.15) is 0 Å². The summed E-state index contributed by atoms with van der Waals surface area (Å²) in [7, 11) is 1.83. The molecule has 0 atom stereocenters. The Morgan fingerprint density at radius 1 is 1.35 bits per heavy atom. The minimum Gasteiger partial charge on any atom is -0.342 e. The standard InChI is InChI=1S/C15H20N4O/c1-18(8-2-9-19-10-7-17-12-19)15(20)14-5-3-13(11-16)4-6-14/h3-7,10,12H,2,8-9,11,16H2,1H3. The van der Waals surface area contributed by atoms with Gasteiger partial charge in [-0.1, -0.05) is 12.1 Å². The van der Waals surface area contributed by atoms with E-state index < -0.39 is 0 Å². The second-order valence-corrected chi connectivity index (χ2v) is 4.78. The third kappa shape index (κ3) is 3.68. The van der Waals surface area contributed by atoms with Crippen molar-refractivity contribution in [3.63, 3.8) is 0 Å². The first-order chi connectivity index (χ1) is 9.70. The summed E-state index contributed by atoms with van der Waals surface area (Å²) in [5.74, 6) is 0.0409. The zero-order valence-corrected chi connectivity index (χ0v) is 11.7. The van der Waals surface area contributed by atoms with Gasteiger partial charge in [0.1, 0.15) is 0 Å². The molecule has 1 heterocycles. The van der Waals surface area contributed by atoms with Gasteiger partial charge < -0.3 is 15.2 Å². The average molecular weight is 272 g/mol. The lowest BCUT2D eigenvalue weighted by Gasteiger charge is -2.17. The number of rotatable bonds is 6. The summed E-state index contributed by atoms with van der Waals surface area (Å²) < 4.78 is 2.01. The second-order valence-electron chi connectivity index (χ2n) is 4.78. The Hall–Kier alpha value is -2.14. The minimum absolute atomic E-state index is 0.0409. The van der Waals surface area contributed by atoms with E-state index in [0.29, 0.717) is 12.1 Å². The fourth-order valence-corrected chi connectivity index (χ4v) is 2.01. The highest BCUT2D eigenvalue weighted by Gasteiger charge is 2.10. The molecule has 0 aliphatic heterocycles. The maximum atomic E-state index is 12.2. The van der Waals surface area contributed by atoms with Crippen molar-refractivity contribution in [1.29, 1.82) is 0 Å². The molecule has 0 unspecified atom stereocenters. The highest BCUT2D eigenvalue weighted by atomic mass is 16.2. The number of nitrogens with zero attached hydrogens (tertiary/aromatic N) is 3. The molecule has 0 aliphatic carbocycles. The first kappa shape index (κ1) is 14.3. The lowest BCUT2D eigenvalue weighted by atomic mass is 10.1. The number of imidazole rings is 1. The van der Waals surface area contributed by atoms with Crippen molar-refractivity contribution in [1.82, 2.24) is 14.5 Å². The molecule has 0 saturated heterocycles. The summed E-state index contributed by atoms with van der Waals surface area (Å²) in [6.45, 7) is 2.08. The van der Waals surface area contributed by atoms with E-state index in [0.717, 1.165) is 25.1 Å². The van der Waals surface area contributed by atoms with Gasteiger partial charge in [0, 0.05) is 44.6 Å². The van der Waals surface area contributed by atoms with E-state index in [4.69, 9.17) is 5.73 Å². The summed E-state index contributed by atoms with van der Waals surface area (Å²) in [6, 6.07) is 7.45. The van der Waals surface area contributed by atoms with Crippen LogP contribution in [0.4, 0.5) is 0 Å². The van der Waals surface area contributed by atoms with Crippen LogP contribution in [-0.2, 0) is 13.1 Å². The maximum absolute atomic E-state index is 12.2. The van der Waals surface area contributed by atoms with E-state index in [1.165, 1.54) is 0 Å². The fraction of sp³-hybridized carbons (Fsp3) is 0.333. The Bertz CT molecular complexity index is 534. The fourth-order valence-electron chi connectivity index (χ4n) is 2.01. The molecule has 2 rings (SSSR count). The molecular weight excluding hydrogens is 252 g/mol. The molecule has 0 radical (unpaired) electrons. The Morgan fingerprint density at radius 2 is 2.10 bits per heavy atom. The van der Waals surface area contributed by atoms with Gasteiger partial charge in [-0.3, -0.25) is 4.79 Å². The van der Waals surface area contributed by atoms with Crippen LogP contribution in [0.1, 0.15) is 22.3 Å². The van der Waals surface area contributed by atoms with Crippen LogP contribution in [0.5, 0.6) is 0 Å². The van der Waals surface area contributed by atoms with Crippen molar-refractivity contribution in [2.24, 2.45) is 5.73 Å². The molecule has 1 aromatic carbocycles. The van der Waals surface area contributed by atoms with Crippen LogP contribution in [0.25, 0.3) is 0 Å². The maximum Gasteiger partial charge on any atom is 0.253 e. The molecule has 2 N–H and O–H groups in total. The topological polar surface area (TPSA) is 64.2 Å². The van der Waals surface area contributed by atoms with Crippen LogP contribution in [0, 0.1) is 0 Å². The van der Waals surface area contributed by atoms with Crippen molar-refractivity contribution in [2.45, 2.75) is 19.5 Å². The molecular formula is C15H20N4O. The minimum atomic E-state index is 0.0409. The highest BCUT2D eigenvalue weighted by Crippen LogP contribution is 2.07. The van der Waals surface area contributed by atoms with E-state index in [-0.39, 0.29) is 5.91 Å². The molecule has 0 bridgehead atoms. The van der Waals surface area contributed by atoms with E-state index in [1.807, 2.05) is 42.1 Å². The normalized spacial score (nSPS) is 10.5. The summed E-state index contributed by atoms with van der Waals surface area (Å²) >= 11 is 0. The third-order valence-electron chi connectivity index (χ3n) is 3.25. The molecule has 0 saturated carbocycles. The molecule has 2 aromatic rings. The Balaban J connectivity index is 1.84. The second kappa shape index (κ2) is 6.86. The molecule has 106 valence electrons. The number of hydrogen-bond acceptors (Lipinski definition) is 3. The quantitative estimate of drug-likeness (QED) is 0.866. The van der Waals surface area contributed by atoms with Crippen molar-refractivity contribution >= 4 is 5.91 Å². The van der Waals surface area contributed by atoms with Crippen molar-refractivity contribution in [2.75, 3.05) is 13.6 Å². The molecule has 5 heteroatoms. The summed E-state index contributed by atoms with van der Waals surface area (Å²) in [4.78, 5) is 17.9. The molecule has 0 spiro atoms. The lowest BCUT2D eigenvalue weighted by molar-refractivity contribution is 0.0792. The third-order valence-corrected chi connectivity index (χ3v) is 3.25. The number of hydrogen-bond donors (Lipinski definition) is 1. The number of aryl methyl sites for hydroxylation is 1. The molecule has 0 fully saturated rings. The van der Waals surface area contributed by atoms with Crippen LogP contribution in [0.15, 0.2) is 43.0 Å². The first-order valence-electron chi connectivity index (χ1n) is 6.71. The van der Waals surface area contributed by atoms with Crippen LogP contribution in [0.2, 0.25) is 0 Å². The van der Waals surface area contributed by atoms with E-state index in [1.54, 1.807) is 17.4 Å². The van der Waals surface area contributed by atoms with E-state index >= 15 is 0 Å². The predicted molar refractivity (Wildman–Crippen MR) is 78.1 cm³/mol. The van der Waals surface area contributed by atoms with Crippen molar-refractivity contribution < 1.29 is 4.79 Å². The van der Waals surface area contributed by atoms with Gasteiger partial charge in [-0.25, -0.2) is 4.98 Å². The number of aromatic nitrogens is 2.